The first-order valence-electron chi connectivity index (χ1n) is 15.6. The average Bonchev–Trinajstić information content (AvgIpc) is 3.27. The van der Waals surface area contributed by atoms with Crippen molar-refractivity contribution in [2.75, 3.05) is 32.8 Å². The number of carboxylic acid groups (broad SMARTS) is 2. The summed E-state index contributed by atoms with van der Waals surface area (Å²) in [6, 6.07) is 11.7. The van der Waals surface area contributed by atoms with Gasteiger partial charge in [0.25, 0.3) is 5.91 Å². The standard InChI is InChI=1S/C28H33F3N6O5.C4H6O6/c1-26(2,32)23(39)34-21(16-42-15-19-8-4-3-5-9-19)22(38)35-12-13-37-25(41)36(18-28(29,30)31)24(40)27(37,17-35)14-20-10-6-7-11-33-20;5-1(3(7)8)2(6)4(9)10/h3-11,21H,12-18,32H2,1-2H3,(H,34,39);1-2,5-6H,(H,7,8)(H,9,10)/t21-,27+;1-,2-/m11/s1. The van der Waals surface area contributed by atoms with Crippen LogP contribution in [0.25, 0.3) is 0 Å². The van der Waals surface area contributed by atoms with Crippen LogP contribution >= 0.6 is 0 Å². The minimum Gasteiger partial charge on any atom is -0.479 e. The van der Waals surface area contributed by atoms with Gasteiger partial charge in [0, 0.05) is 31.4 Å². The normalized spacial score (nSPS) is 19.2. The highest BCUT2D eigenvalue weighted by Gasteiger charge is 2.61. The fourth-order valence-electron chi connectivity index (χ4n) is 5.27. The van der Waals surface area contributed by atoms with Crippen molar-refractivity contribution in [3.05, 3.63) is 66.0 Å². The third-order valence-corrected chi connectivity index (χ3v) is 7.91. The van der Waals surface area contributed by atoms with E-state index in [1.807, 2.05) is 30.3 Å². The number of carbonyl (C=O) groups excluding carboxylic acids is 4. The van der Waals surface area contributed by atoms with Crippen LogP contribution in [0.3, 0.4) is 0 Å². The number of hydrogen-bond acceptors (Lipinski definition) is 11. The molecule has 0 radical (unpaired) electrons. The topological polar surface area (TPSA) is 253 Å². The number of aliphatic hydroxyl groups excluding tert-OH is 2. The number of nitrogens with one attached hydrogen (secondary N) is 1. The fraction of sp³-hybridized carbons (Fsp3) is 0.469. The number of aromatic nitrogens is 1. The maximum atomic E-state index is 13.9. The second-order valence-electron chi connectivity index (χ2n) is 12.5. The van der Waals surface area contributed by atoms with Gasteiger partial charge in [-0.15, -0.1) is 0 Å². The number of benzene rings is 1. The molecule has 2 fully saturated rings. The molecule has 284 valence electrons. The Hall–Kier alpha value is -5.18. The summed E-state index contributed by atoms with van der Waals surface area (Å²) in [6.45, 7) is 0.388. The van der Waals surface area contributed by atoms with Crippen LogP contribution in [0.4, 0.5) is 18.0 Å². The van der Waals surface area contributed by atoms with E-state index in [0.29, 0.717) is 5.69 Å². The molecule has 4 atom stereocenters. The third-order valence-electron chi connectivity index (χ3n) is 7.91. The second-order valence-corrected chi connectivity index (χ2v) is 12.5. The first-order chi connectivity index (χ1) is 24.2. The van der Waals surface area contributed by atoms with Crippen molar-refractivity contribution in [3.8, 4) is 0 Å². The van der Waals surface area contributed by atoms with Gasteiger partial charge in [0.05, 0.1) is 25.3 Å². The number of carbonyl (C=O) groups is 6. The first-order valence-corrected chi connectivity index (χ1v) is 15.6. The molecule has 2 saturated heterocycles. The zero-order valence-electron chi connectivity index (χ0n) is 28.0. The van der Waals surface area contributed by atoms with Crippen molar-refractivity contribution in [1.82, 2.24) is 25.0 Å². The van der Waals surface area contributed by atoms with Gasteiger partial charge in [-0.2, -0.15) is 13.2 Å². The summed E-state index contributed by atoms with van der Waals surface area (Å²) < 4.78 is 45.8. The molecule has 20 heteroatoms. The molecule has 2 aliphatic heterocycles. The molecule has 2 aromatic rings. The first kappa shape index (κ1) is 41.2. The number of alkyl halides is 3. The second kappa shape index (κ2) is 16.9. The maximum absolute atomic E-state index is 13.9. The van der Waals surface area contributed by atoms with Gasteiger partial charge in [-0.05, 0) is 31.5 Å². The number of halogens is 3. The van der Waals surface area contributed by atoms with Crippen molar-refractivity contribution in [2.45, 2.75) is 62.4 Å². The molecule has 7 N–H and O–H groups in total. The molecule has 0 unspecified atom stereocenters. The molecular formula is C32H39F3N6O11. The van der Waals surface area contributed by atoms with Gasteiger partial charge >= 0.3 is 24.1 Å². The minimum atomic E-state index is -4.82. The summed E-state index contributed by atoms with van der Waals surface area (Å²) >= 11 is 0. The Morgan fingerprint density at radius 3 is 2.10 bits per heavy atom. The number of aliphatic hydroxyl groups is 2. The van der Waals surface area contributed by atoms with E-state index in [9.17, 15) is 41.9 Å². The predicted molar refractivity (Wildman–Crippen MR) is 171 cm³/mol. The zero-order valence-corrected chi connectivity index (χ0v) is 28.0. The van der Waals surface area contributed by atoms with E-state index in [1.54, 1.807) is 18.2 Å². The molecule has 1 aromatic heterocycles. The number of urea groups is 1. The molecule has 4 rings (SSSR count). The summed E-state index contributed by atoms with van der Waals surface area (Å²) in [4.78, 5) is 79.6. The van der Waals surface area contributed by atoms with Crippen LogP contribution in [-0.2, 0) is 41.7 Å². The third kappa shape index (κ3) is 10.4. The summed E-state index contributed by atoms with van der Waals surface area (Å²) in [7, 11) is 0. The van der Waals surface area contributed by atoms with Gasteiger partial charge in [0.1, 0.15) is 18.1 Å². The van der Waals surface area contributed by atoms with E-state index >= 15 is 0 Å². The molecule has 52 heavy (non-hydrogen) atoms. The molecular weight excluding hydrogens is 701 g/mol. The Balaban J connectivity index is 0.000000636. The van der Waals surface area contributed by atoms with E-state index in [0.717, 1.165) is 10.5 Å². The number of piperazine rings is 1. The van der Waals surface area contributed by atoms with Crippen molar-refractivity contribution < 1.29 is 67.1 Å². The van der Waals surface area contributed by atoms with Crippen LogP contribution in [-0.4, -0.2) is 144 Å². The number of hydrogen-bond donors (Lipinski definition) is 6. The van der Waals surface area contributed by atoms with E-state index in [4.69, 9.17) is 30.9 Å². The highest BCUT2D eigenvalue weighted by molar-refractivity contribution is 6.08. The van der Waals surface area contributed by atoms with E-state index in [2.05, 4.69) is 10.3 Å². The van der Waals surface area contributed by atoms with Crippen molar-refractivity contribution in [2.24, 2.45) is 5.73 Å². The number of carboxylic acids is 2. The molecule has 0 saturated carbocycles. The van der Waals surface area contributed by atoms with Crippen LogP contribution in [0.5, 0.6) is 0 Å². The summed E-state index contributed by atoms with van der Waals surface area (Å²) in [5, 5.41) is 35.1. The van der Waals surface area contributed by atoms with Crippen LogP contribution < -0.4 is 11.1 Å². The Labute approximate surface area is 294 Å². The van der Waals surface area contributed by atoms with E-state index < -0.39 is 84.3 Å². The lowest BCUT2D eigenvalue weighted by molar-refractivity contribution is -0.165. The largest absolute Gasteiger partial charge is 0.479 e. The number of fused-ring (bicyclic) bond motifs is 1. The average molecular weight is 741 g/mol. The van der Waals surface area contributed by atoms with Gasteiger partial charge in [0.15, 0.2) is 12.2 Å². The SMILES string of the molecule is CC(C)(N)C(=O)N[C@H](COCc1ccccc1)C(=O)N1CCN2C(=O)N(CC(F)(F)F)C(=O)[C@]2(Cc2ccccn2)C1.O=C(O)[C@H](O)[C@@H](O)C(=O)O. The monoisotopic (exact) mass is 740 g/mol. The summed E-state index contributed by atoms with van der Waals surface area (Å²) in [6.07, 6.45) is -8.10. The van der Waals surface area contributed by atoms with Crippen LogP contribution in [0.15, 0.2) is 54.7 Å². The summed E-state index contributed by atoms with van der Waals surface area (Å²) in [5.41, 5.74) is 3.96. The molecule has 17 nitrogen and oxygen atoms in total. The van der Waals surface area contributed by atoms with Gasteiger partial charge in [-0.3, -0.25) is 24.3 Å². The van der Waals surface area contributed by atoms with Crippen LogP contribution in [0.1, 0.15) is 25.1 Å². The Morgan fingerprint density at radius 2 is 1.58 bits per heavy atom. The van der Waals surface area contributed by atoms with Crippen molar-refractivity contribution >= 4 is 35.7 Å². The Kier molecular flexibility index (Phi) is 13.4. The molecule has 0 spiro atoms. The van der Waals surface area contributed by atoms with Crippen molar-refractivity contribution in [1.29, 1.82) is 0 Å². The van der Waals surface area contributed by atoms with E-state index in [-0.39, 0.29) is 37.6 Å². The number of ether oxygens (including phenoxy) is 1. The number of imide groups is 1. The molecule has 3 heterocycles. The number of pyridine rings is 1. The Morgan fingerprint density at radius 1 is 0.981 bits per heavy atom. The lowest BCUT2D eigenvalue weighted by Gasteiger charge is -2.45. The highest BCUT2D eigenvalue weighted by atomic mass is 19.4. The molecule has 0 aliphatic carbocycles. The quantitative estimate of drug-likeness (QED) is 0.140. The van der Waals surface area contributed by atoms with Gasteiger partial charge < -0.3 is 46.0 Å². The molecule has 0 bridgehead atoms. The number of rotatable bonds is 13. The number of nitrogens with zero attached hydrogens (tertiary/aromatic N) is 4. The van der Waals surface area contributed by atoms with Gasteiger partial charge in [-0.25, -0.2) is 14.4 Å². The molecule has 5 amide bonds. The number of nitrogens with two attached hydrogens (primary N) is 1. The highest BCUT2D eigenvalue weighted by Crippen LogP contribution is 2.36. The minimum absolute atomic E-state index is 0.0846. The lowest BCUT2D eigenvalue weighted by Crippen LogP contribution is -2.67. The molecule has 2 aliphatic rings. The van der Waals surface area contributed by atoms with Gasteiger partial charge in [0.2, 0.25) is 11.8 Å². The maximum Gasteiger partial charge on any atom is 0.406 e. The number of amides is 5. The van der Waals surface area contributed by atoms with Crippen molar-refractivity contribution in [3.63, 3.8) is 0 Å². The van der Waals surface area contributed by atoms with E-state index in [1.165, 1.54) is 24.9 Å². The van der Waals surface area contributed by atoms with Crippen LogP contribution in [0.2, 0.25) is 0 Å². The Bertz CT molecular complexity index is 1590. The smallest absolute Gasteiger partial charge is 0.406 e. The summed E-state index contributed by atoms with van der Waals surface area (Å²) in [5.74, 6) is -5.87. The van der Waals surface area contributed by atoms with Crippen LogP contribution in [0, 0.1) is 0 Å². The fourth-order valence-corrected chi connectivity index (χ4v) is 5.27. The predicted octanol–water partition coefficient (Wildman–Crippen LogP) is -0.652. The lowest BCUT2D eigenvalue weighted by atomic mass is 9.88. The number of aliphatic carboxylic acids is 2. The zero-order chi connectivity index (χ0) is 39.0. The molecule has 1 aromatic carbocycles. The van der Waals surface area contributed by atoms with Gasteiger partial charge in [-0.1, -0.05) is 36.4 Å².